The zero-order valence-corrected chi connectivity index (χ0v) is 9.13. The quantitative estimate of drug-likeness (QED) is 0.343. The molecule has 0 aromatic carbocycles. The SMILES string of the molecule is CCCCCC=CC=CC=CC(O)(O)O. The highest BCUT2D eigenvalue weighted by Crippen LogP contribution is 1.99. The fourth-order valence-corrected chi connectivity index (χ4v) is 1.000. The van der Waals surface area contributed by atoms with Crippen molar-refractivity contribution >= 4 is 0 Å². The second-order valence-corrected chi connectivity index (χ2v) is 3.36. The first kappa shape index (κ1) is 14.1. The first-order valence-corrected chi connectivity index (χ1v) is 5.24. The Balaban J connectivity index is 3.58. The van der Waals surface area contributed by atoms with Crippen molar-refractivity contribution in [1.29, 1.82) is 0 Å². The van der Waals surface area contributed by atoms with E-state index in [1.54, 1.807) is 12.2 Å². The maximum Gasteiger partial charge on any atom is 0.297 e. The van der Waals surface area contributed by atoms with Gasteiger partial charge in [-0.25, -0.2) is 0 Å². The topological polar surface area (TPSA) is 60.7 Å². The van der Waals surface area contributed by atoms with E-state index in [9.17, 15) is 0 Å². The molecule has 0 atom stereocenters. The van der Waals surface area contributed by atoms with Gasteiger partial charge in [-0.15, -0.1) is 0 Å². The van der Waals surface area contributed by atoms with Crippen molar-refractivity contribution in [3.05, 3.63) is 36.5 Å². The summed E-state index contributed by atoms with van der Waals surface area (Å²) in [5, 5.41) is 25.5. The molecular formula is C12H20O3. The summed E-state index contributed by atoms with van der Waals surface area (Å²) in [5.74, 6) is -2.71. The zero-order chi connectivity index (χ0) is 11.6. The molecule has 0 bridgehead atoms. The first-order chi connectivity index (χ1) is 7.06. The molecule has 0 aliphatic carbocycles. The second kappa shape index (κ2) is 8.41. The Morgan fingerprint density at radius 2 is 1.60 bits per heavy atom. The van der Waals surface area contributed by atoms with Crippen LogP contribution in [-0.4, -0.2) is 21.3 Å². The standard InChI is InChI=1S/C12H20O3/c1-2-3-4-5-6-7-8-9-10-11-12(13,14)15/h6-11,13-15H,2-5H2,1H3. The average molecular weight is 212 g/mol. The molecule has 0 aromatic rings. The van der Waals surface area contributed by atoms with Crippen LogP contribution in [0.1, 0.15) is 32.6 Å². The Hall–Kier alpha value is -0.900. The molecule has 0 spiro atoms. The molecule has 0 aliphatic heterocycles. The summed E-state index contributed by atoms with van der Waals surface area (Å²) in [6.45, 7) is 2.17. The molecule has 0 saturated heterocycles. The summed E-state index contributed by atoms with van der Waals surface area (Å²) in [6, 6.07) is 0. The van der Waals surface area contributed by atoms with Gasteiger partial charge in [0.05, 0.1) is 0 Å². The Labute approximate surface area is 91.1 Å². The highest BCUT2D eigenvalue weighted by atomic mass is 16.7. The van der Waals surface area contributed by atoms with Crippen LogP contribution in [0.15, 0.2) is 36.5 Å². The lowest BCUT2D eigenvalue weighted by Crippen LogP contribution is -2.22. The number of hydrogen-bond donors (Lipinski definition) is 3. The van der Waals surface area contributed by atoms with E-state index in [4.69, 9.17) is 15.3 Å². The number of hydrogen-bond acceptors (Lipinski definition) is 3. The lowest BCUT2D eigenvalue weighted by molar-refractivity contribution is -0.273. The minimum atomic E-state index is -2.71. The highest BCUT2D eigenvalue weighted by Gasteiger charge is 2.10. The molecule has 3 heteroatoms. The van der Waals surface area contributed by atoms with Crippen LogP contribution >= 0.6 is 0 Å². The Bertz CT molecular complexity index is 222. The molecule has 0 fully saturated rings. The van der Waals surface area contributed by atoms with Crippen LogP contribution in [0, 0.1) is 0 Å². The van der Waals surface area contributed by atoms with Crippen LogP contribution in [0.2, 0.25) is 0 Å². The van der Waals surface area contributed by atoms with Gasteiger partial charge in [0.25, 0.3) is 5.97 Å². The maximum absolute atomic E-state index is 8.49. The van der Waals surface area contributed by atoms with Gasteiger partial charge in [0.15, 0.2) is 0 Å². The molecule has 0 rings (SSSR count). The summed E-state index contributed by atoms with van der Waals surface area (Å²) in [6.07, 6.45) is 14.3. The molecule has 3 N–H and O–H groups in total. The van der Waals surface area contributed by atoms with E-state index in [1.165, 1.54) is 25.3 Å². The summed E-state index contributed by atoms with van der Waals surface area (Å²) in [4.78, 5) is 0. The van der Waals surface area contributed by atoms with E-state index in [1.807, 2.05) is 6.08 Å². The largest absolute Gasteiger partial charge is 0.340 e. The number of allylic oxidation sites excluding steroid dienone is 5. The average Bonchev–Trinajstić information content (AvgIpc) is 2.14. The van der Waals surface area contributed by atoms with Gasteiger partial charge >= 0.3 is 0 Å². The lowest BCUT2D eigenvalue weighted by Gasteiger charge is -2.05. The third kappa shape index (κ3) is 13.1. The predicted octanol–water partition coefficient (Wildman–Crippen LogP) is 1.87. The van der Waals surface area contributed by atoms with Crippen LogP contribution in [0.5, 0.6) is 0 Å². The van der Waals surface area contributed by atoms with Crippen LogP contribution in [0.3, 0.4) is 0 Å². The van der Waals surface area contributed by atoms with Crippen LogP contribution < -0.4 is 0 Å². The van der Waals surface area contributed by atoms with Crippen LogP contribution in [0.25, 0.3) is 0 Å². The van der Waals surface area contributed by atoms with Gasteiger partial charge in [-0.3, -0.25) is 0 Å². The van der Waals surface area contributed by atoms with E-state index in [-0.39, 0.29) is 0 Å². The third-order valence-electron chi connectivity index (χ3n) is 1.76. The van der Waals surface area contributed by atoms with Crippen molar-refractivity contribution < 1.29 is 15.3 Å². The second-order valence-electron chi connectivity index (χ2n) is 3.36. The fourth-order valence-electron chi connectivity index (χ4n) is 1.000. The van der Waals surface area contributed by atoms with E-state index in [0.29, 0.717) is 0 Å². The normalized spacial score (nSPS) is 13.6. The molecular weight excluding hydrogens is 192 g/mol. The Kier molecular flexibility index (Phi) is 7.91. The monoisotopic (exact) mass is 212 g/mol. The molecule has 15 heavy (non-hydrogen) atoms. The zero-order valence-electron chi connectivity index (χ0n) is 9.13. The predicted molar refractivity (Wildman–Crippen MR) is 60.9 cm³/mol. The maximum atomic E-state index is 8.49. The van der Waals surface area contributed by atoms with Gasteiger partial charge in [0.2, 0.25) is 0 Å². The van der Waals surface area contributed by atoms with E-state index in [2.05, 4.69) is 13.0 Å². The molecule has 3 nitrogen and oxygen atoms in total. The van der Waals surface area contributed by atoms with Crippen molar-refractivity contribution in [2.24, 2.45) is 0 Å². The van der Waals surface area contributed by atoms with Gasteiger partial charge in [-0.1, -0.05) is 50.1 Å². The summed E-state index contributed by atoms with van der Waals surface area (Å²) < 4.78 is 0. The molecule has 0 amide bonds. The van der Waals surface area contributed by atoms with Crippen LogP contribution in [-0.2, 0) is 0 Å². The Morgan fingerprint density at radius 1 is 0.933 bits per heavy atom. The minimum absolute atomic E-state index is 0.883. The lowest BCUT2D eigenvalue weighted by atomic mass is 10.2. The summed E-state index contributed by atoms with van der Waals surface area (Å²) in [5.41, 5.74) is 0. The van der Waals surface area contributed by atoms with E-state index in [0.717, 1.165) is 12.5 Å². The van der Waals surface area contributed by atoms with Gasteiger partial charge < -0.3 is 15.3 Å². The summed E-state index contributed by atoms with van der Waals surface area (Å²) in [7, 11) is 0. The van der Waals surface area contributed by atoms with Gasteiger partial charge in [0, 0.05) is 6.08 Å². The number of unbranched alkanes of at least 4 members (excludes halogenated alkanes) is 3. The van der Waals surface area contributed by atoms with E-state index >= 15 is 0 Å². The molecule has 0 heterocycles. The summed E-state index contributed by atoms with van der Waals surface area (Å²) >= 11 is 0. The van der Waals surface area contributed by atoms with Crippen molar-refractivity contribution in [2.75, 3.05) is 0 Å². The fraction of sp³-hybridized carbons (Fsp3) is 0.500. The molecule has 0 saturated carbocycles. The molecule has 86 valence electrons. The molecule has 0 aliphatic rings. The molecule has 0 unspecified atom stereocenters. The van der Waals surface area contributed by atoms with Crippen molar-refractivity contribution in [2.45, 2.75) is 38.6 Å². The van der Waals surface area contributed by atoms with Crippen molar-refractivity contribution in [3.8, 4) is 0 Å². The van der Waals surface area contributed by atoms with Crippen LogP contribution in [0.4, 0.5) is 0 Å². The van der Waals surface area contributed by atoms with Gasteiger partial charge in [-0.05, 0) is 12.8 Å². The van der Waals surface area contributed by atoms with Crippen molar-refractivity contribution in [1.82, 2.24) is 0 Å². The first-order valence-electron chi connectivity index (χ1n) is 5.24. The van der Waals surface area contributed by atoms with Crippen molar-refractivity contribution in [3.63, 3.8) is 0 Å². The van der Waals surface area contributed by atoms with Gasteiger partial charge in [0.1, 0.15) is 0 Å². The highest BCUT2D eigenvalue weighted by molar-refractivity contribution is 5.11. The van der Waals surface area contributed by atoms with Gasteiger partial charge in [-0.2, -0.15) is 0 Å². The number of rotatable bonds is 7. The minimum Gasteiger partial charge on any atom is -0.340 e. The molecule has 0 radical (unpaired) electrons. The number of aliphatic hydroxyl groups is 3. The molecule has 0 aromatic heterocycles. The third-order valence-corrected chi connectivity index (χ3v) is 1.76. The Morgan fingerprint density at radius 3 is 2.20 bits per heavy atom. The smallest absolute Gasteiger partial charge is 0.297 e. The van der Waals surface area contributed by atoms with E-state index < -0.39 is 5.97 Å².